The Labute approximate surface area is 550 Å². The number of halogens is 3. The number of esters is 1. The maximum absolute atomic E-state index is 14.6. The number of hydrogen-bond donors (Lipinski definition) is 4. The van der Waals surface area contributed by atoms with E-state index in [1.165, 1.54) is 0 Å². The number of carbonyl (C=O) groups is 6. The third kappa shape index (κ3) is 19.6. The van der Waals surface area contributed by atoms with Crippen LogP contribution >= 0.6 is 8.53 Å². The lowest BCUT2D eigenvalue weighted by molar-refractivity contribution is -0.170. The molecular weight excluding hydrogens is 1250 g/mol. The van der Waals surface area contributed by atoms with Crippen molar-refractivity contribution < 1.29 is 69.9 Å². The van der Waals surface area contributed by atoms with Gasteiger partial charge >= 0.3 is 18.1 Å². The first-order valence-electron chi connectivity index (χ1n) is 31.1. The normalized spacial score (nSPS) is 14.7. The summed E-state index contributed by atoms with van der Waals surface area (Å²) >= 11 is 0. The minimum atomic E-state index is -5.37. The Morgan fingerprint density at radius 2 is 1.44 bits per heavy atom. The average molecular weight is 1340 g/mol. The Balaban J connectivity index is 0.976. The maximum atomic E-state index is 14.6. The number of nitrogens with one attached hydrogen (secondary N) is 4. The van der Waals surface area contributed by atoms with Crippen LogP contribution in [-0.2, 0) is 54.6 Å². The van der Waals surface area contributed by atoms with Crippen LogP contribution in [0.25, 0.3) is 11.2 Å². The van der Waals surface area contributed by atoms with Gasteiger partial charge in [-0.15, -0.1) is 0 Å². The van der Waals surface area contributed by atoms with Crippen molar-refractivity contribution in [2.24, 2.45) is 5.92 Å². The van der Waals surface area contributed by atoms with Gasteiger partial charge in [-0.3, -0.25) is 44.0 Å². The molecule has 1 saturated heterocycles. The molecule has 0 saturated carbocycles. The Hall–Kier alpha value is -8.93. The van der Waals surface area contributed by atoms with Gasteiger partial charge in [0, 0.05) is 55.2 Å². The van der Waals surface area contributed by atoms with E-state index in [2.05, 4.69) is 74.3 Å². The summed E-state index contributed by atoms with van der Waals surface area (Å²) in [7, 11) is 2.65. The summed E-state index contributed by atoms with van der Waals surface area (Å²) in [6.07, 6.45) is -2.91. The molecule has 1 aliphatic heterocycles. The number of anilines is 2. The van der Waals surface area contributed by atoms with Gasteiger partial charge in [0.1, 0.15) is 23.1 Å². The summed E-state index contributed by atoms with van der Waals surface area (Å²) in [6.45, 7) is 11.4. The largest absolute Gasteiger partial charge is 0.497 e. The van der Waals surface area contributed by atoms with E-state index in [9.17, 15) is 52.0 Å². The molecule has 0 bridgehead atoms. The van der Waals surface area contributed by atoms with Gasteiger partial charge in [-0.2, -0.15) is 23.4 Å². The number of aromatic nitrogens is 4. The molecule has 4 N–H and O–H groups in total. The minimum Gasteiger partial charge on any atom is -0.497 e. The van der Waals surface area contributed by atoms with E-state index in [0.29, 0.717) is 42.1 Å². The van der Waals surface area contributed by atoms with Gasteiger partial charge in [0.05, 0.1) is 77.6 Å². The fourth-order valence-electron chi connectivity index (χ4n) is 10.8. The summed E-state index contributed by atoms with van der Waals surface area (Å²) < 4.78 is 80.7. The van der Waals surface area contributed by atoms with E-state index >= 15 is 0 Å². The fraction of sp³-hybridized carbons (Fsp3) is 0.448. The van der Waals surface area contributed by atoms with Crippen LogP contribution in [0, 0.1) is 17.2 Å². The number of alkyl halides is 3. The lowest BCUT2D eigenvalue weighted by Crippen LogP contribution is -2.42. The number of aromatic amines is 1. The molecular formula is C67H81F3N11O13P. The van der Waals surface area contributed by atoms with E-state index < -0.39 is 86.1 Å². The van der Waals surface area contributed by atoms with Crippen LogP contribution in [0.15, 0.2) is 114 Å². The highest BCUT2D eigenvalue weighted by atomic mass is 31.2. The summed E-state index contributed by atoms with van der Waals surface area (Å²) in [4.78, 5) is 109. The lowest BCUT2D eigenvalue weighted by Gasteiger charge is -2.38. The summed E-state index contributed by atoms with van der Waals surface area (Å²) in [6, 6.07) is 30.1. The predicted molar refractivity (Wildman–Crippen MR) is 348 cm³/mol. The summed E-state index contributed by atoms with van der Waals surface area (Å²) in [5.41, 5.74) is -0.818. The molecule has 4 atom stereocenters. The first kappa shape index (κ1) is 73.5. The molecule has 0 spiro atoms. The number of nitriles is 1. The number of ether oxygens (including phenoxy) is 4. The molecule has 6 aromatic rings. The highest BCUT2D eigenvalue weighted by molar-refractivity contribution is 7.44. The second-order valence-corrected chi connectivity index (χ2v) is 24.7. The zero-order chi connectivity index (χ0) is 69.0. The van der Waals surface area contributed by atoms with E-state index in [0.717, 1.165) is 54.3 Å². The van der Waals surface area contributed by atoms with Gasteiger partial charge in [0.15, 0.2) is 11.2 Å². The molecule has 0 aliphatic carbocycles. The first-order chi connectivity index (χ1) is 45.4. The minimum absolute atomic E-state index is 0.0411. The zero-order valence-electron chi connectivity index (χ0n) is 54.6. The Morgan fingerprint density at radius 1 is 0.811 bits per heavy atom. The molecule has 5 amide bonds. The van der Waals surface area contributed by atoms with Crippen molar-refractivity contribution in [1.29, 1.82) is 5.26 Å². The number of hydrogen-bond acceptors (Lipinski definition) is 18. The molecule has 508 valence electrons. The van der Waals surface area contributed by atoms with Crippen LogP contribution in [0.2, 0.25) is 0 Å². The lowest BCUT2D eigenvalue weighted by atomic mass is 9.80. The van der Waals surface area contributed by atoms with Crippen LogP contribution in [0.1, 0.15) is 126 Å². The molecule has 4 aromatic carbocycles. The second-order valence-electron chi connectivity index (χ2n) is 23.3. The van der Waals surface area contributed by atoms with Crippen LogP contribution in [0.4, 0.5) is 24.8 Å². The topological polar surface area (TPSA) is 299 Å². The number of nitrogens with zero attached hydrogens (tertiary/aromatic N) is 7. The molecule has 0 radical (unpaired) electrons. The fourth-order valence-corrected chi connectivity index (χ4v) is 12.5. The number of likely N-dealkylation sites (tertiary alicyclic amines) is 1. The molecule has 1 aliphatic rings. The quantitative estimate of drug-likeness (QED) is 0.0129. The number of amides is 5. The molecule has 2 aromatic heterocycles. The van der Waals surface area contributed by atoms with Crippen LogP contribution in [-0.4, -0.2) is 149 Å². The van der Waals surface area contributed by atoms with Crippen molar-refractivity contribution in [2.75, 3.05) is 57.8 Å². The Bertz CT molecular complexity index is 3620. The monoisotopic (exact) mass is 1340 g/mol. The first-order valence-corrected chi connectivity index (χ1v) is 32.3. The molecule has 24 nitrogen and oxygen atoms in total. The van der Waals surface area contributed by atoms with Crippen molar-refractivity contribution in [3.8, 4) is 17.6 Å². The van der Waals surface area contributed by atoms with Crippen molar-refractivity contribution in [3.05, 3.63) is 148 Å². The molecule has 1 fully saturated rings. The summed E-state index contributed by atoms with van der Waals surface area (Å²) in [5.74, 6) is -4.37. The number of unbranched alkanes of at least 4 members (excludes halogenated alkanes) is 2. The van der Waals surface area contributed by atoms with Gasteiger partial charge in [0.2, 0.25) is 23.7 Å². The van der Waals surface area contributed by atoms with Gasteiger partial charge in [0.25, 0.3) is 20.0 Å². The number of benzene rings is 4. The number of fused-ring (bicyclic) bond motifs is 1. The van der Waals surface area contributed by atoms with Gasteiger partial charge in [-0.05, 0) is 119 Å². The number of carbonyl (C=O) groups excluding carboxylic acids is 6. The number of methoxy groups -OCH3 is 3. The SMILES string of the molecule is COC(=O)[C@H](CCC(=O)NCCCCCC(=O)N1C[C@H](OP(OCCC#N)N(C(C)C)C(C)C)C[C@H]1COC(c1ccccc1)(c1ccc(OC)cc1)c1ccc(OC)cc1)NC(=O)c1ccc(N(Cc2cnc3nc(NC(=O)C(C)C)[nH]c(=O)c3n2)C(=O)C(F)(F)F)cc1. The van der Waals surface area contributed by atoms with Crippen molar-refractivity contribution in [2.45, 2.75) is 142 Å². The zero-order valence-corrected chi connectivity index (χ0v) is 55.5. The van der Waals surface area contributed by atoms with Crippen LogP contribution < -0.4 is 35.9 Å². The third-order valence-corrected chi connectivity index (χ3v) is 17.8. The van der Waals surface area contributed by atoms with Crippen molar-refractivity contribution in [1.82, 2.24) is 40.1 Å². The van der Waals surface area contributed by atoms with Gasteiger partial charge in [-0.1, -0.05) is 74.9 Å². The number of rotatable bonds is 33. The average Bonchev–Trinajstić information content (AvgIpc) is 1.21. The van der Waals surface area contributed by atoms with E-state index in [4.69, 9.17) is 28.0 Å². The van der Waals surface area contributed by atoms with E-state index in [1.54, 1.807) is 28.1 Å². The highest BCUT2D eigenvalue weighted by Gasteiger charge is 2.45. The molecule has 3 heterocycles. The van der Waals surface area contributed by atoms with Gasteiger partial charge in [-0.25, -0.2) is 19.4 Å². The Morgan fingerprint density at radius 3 is 2.02 bits per heavy atom. The van der Waals surface area contributed by atoms with Crippen LogP contribution in [0.5, 0.6) is 11.5 Å². The maximum Gasteiger partial charge on any atom is 0.471 e. The van der Waals surface area contributed by atoms with E-state index in [-0.39, 0.29) is 104 Å². The standard InChI is InChI=1S/C67H81F3N11O13P/c1-42(2)60(84)77-65-76-59-58(62(86)78-65)74-49(38-73-59)39-80(64(88)67(68,69)70)50-26-20-45(21-27-50)61(85)75-55(63(87)91-9)32-33-56(82)72-35-15-11-14-19-57(83)79-40-54(94-95(93-36-16-34-71)81(43(3)4)44(5)6)37-51(79)41-92-66(46-17-12-10-13-18-46,47-22-28-52(89-7)29-23-47)48-24-30-53(90-8)31-25-48/h10,12-13,17-18,20-31,38,42-44,51,54-55H,11,14-16,19,32-33,35-37,39-41H2,1-9H3,(H,72,82)(H,75,85)(H2,73,76,77,78,84,86)/t51-,54+,55-,95?/m0/s1. The molecule has 7 rings (SSSR count). The highest BCUT2D eigenvalue weighted by Crippen LogP contribution is 2.49. The number of H-pyrrole nitrogens is 1. The smallest absolute Gasteiger partial charge is 0.471 e. The van der Waals surface area contributed by atoms with Crippen LogP contribution in [0.3, 0.4) is 0 Å². The van der Waals surface area contributed by atoms with E-state index in [1.807, 2.05) is 83.8 Å². The predicted octanol–water partition coefficient (Wildman–Crippen LogP) is 9.42. The molecule has 95 heavy (non-hydrogen) atoms. The van der Waals surface area contributed by atoms with Crippen molar-refractivity contribution in [3.63, 3.8) is 0 Å². The molecule has 28 heteroatoms. The van der Waals surface area contributed by atoms with Crippen molar-refractivity contribution >= 4 is 66.8 Å². The summed E-state index contributed by atoms with van der Waals surface area (Å²) in [5, 5.41) is 17.2. The Kier molecular flexibility index (Phi) is 26.7. The molecule has 1 unspecified atom stereocenters. The third-order valence-electron chi connectivity index (χ3n) is 15.6. The second kappa shape index (κ2) is 34.5. The van der Waals surface area contributed by atoms with Gasteiger partial charge < -0.3 is 43.5 Å².